The summed E-state index contributed by atoms with van der Waals surface area (Å²) in [5.74, 6) is 0.669. The SMILES string of the molecule is CCn1c(SCC(=O)Nc2ccc(NC(C)=O)cc2)nnc1-c1ccc2ncn(C)c2c1. The minimum atomic E-state index is -0.147. The average Bonchev–Trinajstić information content (AvgIpc) is 3.36. The molecule has 32 heavy (non-hydrogen) atoms. The number of anilines is 2. The molecule has 9 nitrogen and oxygen atoms in total. The van der Waals surface area contributed by atoms with Crippen molar-refractivity contribution < 1.29 is 9.59 Å². The van der Waals surface area contributed by atoms with Crippen molar-refractivity contribution in [3.8, 4) is 11.4 Å². The Bertz CT molecular complexity index is 1280. The lowest BCUT2D eigenvalue weighted by atomic mass is 10.2. The van der Waals surface area contributed by atoms with Crippen LogP contribution in [0.4, 0.5) is 11.4 Å². The van der Waals surface area contributed by atoms with Crippen LogP contribution in [-0.2, 0) is 23.2 Å². The standard InChI is InChI=1S/C22H23N7O2S/c1-4-29-21(15-5-10-18-19(11-15)28(3)13-23-18)26-27-22(29)32-12-20(31)25-17-8-6-16(7-9-17)24-14(2)30/h5-11,13H,4,12H2,1-3H3,(H,24,30)(H,25,31). The van der Waals surface area contributed by atoms with Crippen molar-refractivity contribution in [2.24, 2.45) is 7.05 Å². The highest BCUT2D eigenvalue weighted by Crippen LogP contribution is 2.26. The number of benzene rings is 2. The maximum absolute atomic E-state index is 12.4. The summed E-state index contributed by atoms with van der Waals surface area (Å²) < 4.78 is 3.96. The minimum absolute atomic E-state index is 0.141. The van der Waals surface area contributed by atoms with Gasteiger partial charge in [-0.15, -0.1) is 10.2 Å². The molecule has 0 saturated heterocycles. The lowest BCUT2D eigenvalue weighted by molar-refractivity contribution is -0.114. The molecule has 0 aliphatic heterocycles. The van der Waals surface area contributed by atoms with E-state index in [1.54, 1.807) is 30.6 Å². The molecule has 2 aromatic carbocycles. The van der Waals surface area contributed by atoms with Gasteiger partial charge in [-0.1, -0.05) is 11.8 Å². The summed E-state index contributed by atoms with van der Waals surface area (Å²) in [5.41, 5.74) is 4.23. The Morgan fingerprint density at radius 1 is 1.03 bits per heavy atom. The Hall–Kier alpha value is -3.66. The fraction of sp³-hybridized carbons (Fsp3) is 0.227. The van der Waals surface area contributed by atoms with Crippen LogP contribution in [0.3, 0.4) is 0 Å². The Morgan fingerprint density at radius 2 is 1.75 bits per heavy atom. The zero-order chi connectivity index (χ0) is 22.7. The number of fused-ring (bicyclic) bond motifs is 1. The first kappa shape index (κ1) is 21.6. The molecule has 0 spiro atoms. The number of nitrogens with zero attached hydrogens (tertiary/aromatic N) is 5. The quantitative estimate of drug-likeness (QED) is 0.418. The molecule has 164 valence electrons. The predicted octanol–water partition coefficient (Wildman–Crippen LogP) is 3.54. The molecular weight excluding hydrogens is 426 g/mol. The van der Waals surface area contributed by atoms with E-state index in [9.17, 15) is 9.59 Å². The van der Waals surface area contributed by atoms with Crippen LogP contribution < -0.4 is 10.6 Å². The second-order valence-corrected chi connectivity index (χ2v) is 8.15. The molecule has 2 N–H and O–H groups in total. The van der Waals surface area contributed by atoms with Gasteiger partial charge in [-0.25, -0.2) is 4.98 Å². The molecule has 0 radical (unpaired) electrons. The predicted molar refractivity (Wildman–Crippen MR) is 126 cm³/mol. The fourth-order valence-electron chi connectivity index (χ4n) is 3.33. The molecule has 4 rings (SSSR count). The van der Waals surface area contributed by atoms with Gasteiger partial charge < -0.3 is 19.8 Å². The van der Waals surface area contributed by atoms with E-state index in [1.807, 2.05) is 41.3 Å². The first-order chi connectivity index (χ1) is 15.4. The van der Waals surface area contributed by atoms with E-state index in [2.05, 4.69) is 25.8 Å². The number of thioether (sulfide) groups is 1. The average molecular weight is 450 g/mol. The van der Waals surface area contributed by atoms with E-state index in [4.69, 9.17) is 0 Å². The van der Waals surface area contributed by atoms with Gasteiger partial charge in [0.15, 0.2) is 11.0 Å². The molecule has 4 aromatic rings. The van der Waals surface area contributed by atoms with E-state index in [1.165, 1.54) is 18.7 Å². The Kier molecular flexibility index (Phi) is 6.22. The molecule has 0 fully saturated rings. The van der Waals surface area contributed by atoms with Crippen molar-refractivity contribution in [3.05, 3.63) is 48.8 Å². The largest absolute Gasteiger partial charge is 0.334 e. The van der Waals surface area contributed by atoms with E-state index in [0.717, 1.165) is 22.4 Å². The topological polar surface area (TPSA) is 107 Å². The third kappa shape index (κ3) is 4.65. The molecule has 0 bridgehead atoms. The molecule has 0 aliphatic rings. The maximum atomic E-state index is 12.4. The zero-order valence-electron chi connectivity index (χ0n) is 18.0. The lowest BCUT2D eigenvalue weighted by Crippen LogP contribution is -2.14. The van der Waals surface area contributed by atoms with Crippen molar-refractivity contribution >= 4 is 46.0 Å². The molecule has 0 aliphatic carbocycles. The van der Waals surface area contributed by atoms with Crippen LogP contribution in [0.5, 0.6) is 0 Å². The minimum Gasteiger partial charge on any atom is -0.334 e. The molecule has 2 heterocycles. The summed E-state index contributed by atoms with van der Waals surface area (Å²) in [6, 6.07) is 13.0. The number of aryl methyl sites for hydroxylation is 1. The van der Waals surface area contributed by atoms with Gasteiger partial charge in [-0.2, -0.15) is 0 Å². The number of carbonyl (C=O) groups is 2. The summed E-state index contributed by atoms with van der Waals surface area (Å²) in [6.07, 6.45) is 1.78. The number of hydrogen-bond donors (Lipinski definition) is 2. The second kappa shape index (κ2) is 9.23. The Labute approximate surface area is 189 Å². The number of aromatic nitrogens is 5. The highest BCUT2D eigenvalue weighted by atomic mass is 32.2. The zero-order valence-corrected chi connectivity index (χ0v) is 18.8. The van der Waals surface area contributed by atoms with Gasteiger partial charge in [0.05, 0.1) is 23.1 Å². The van der Waals surface area contributed by atoms with Gasteiger partial charge in [-0.3, -0.25) is 9.59 Å². The van der Waals surface area contributed by atoms with Crippen molar-refractivity contribution in [3.63, 3.8) is 0 Å². The summed E-state index contributed by atoms with van der Waals surface area (Å²) in [6.45, 7) is 4.15. The van der Waals surface area contributed by atoms with Crippen molar-refractivity contribution in [2.75, 3.05) is 16.4 Å². The van der Waals surface area contributed by atoms with Crippen molar-refractivity contribution in [2.45, 2.75) is 25.5 Å². The van der Waals surface area contributed by atoms with Gasteiger partial charge in [0.2, 0.25) is 11.8 Å². The van der Waals surface area contributed by atoms with Gasteiger partial charge in [0, 0.05) is 37.5 Å². The van der Waals surface area contributed by atoms with Crippen LogP contribution in [-0.4, -0.2) is 41.9 Å². The smallest absolute Gasteiger partial charge is 0.234 e. The fourth-order valence-corrected chi connectivity index (χ4v) is 4.13. The third-order valence-corrected chi connectivity index (χ3v) is 5.80. The van der Waals surface area contributed by atoms with E-state index in [0.29, 0.717) is 23.1 Å². The molecule has 0 unspecified atom stereocenters. The first-order valence-electron chi connectivity index (χ1n) is 10.1. The number of nitrogens with one attached hydrogen (secondary N) is 2. The number of hydrogen-bond acceptors (Lipinski definition) is 6. The summed E-state index contributed by atoms with van der Waals surface area (Å²) >= 11 is 1.34. The molecule has 0 saturated carbocycles. The van der Waals surface area contributed by atoms with Gasteiger partial charge in [-0.05, 0) is 49.4 Å². The van der Waals surface area contributed by atoms with Gasteiger partial charge in [0.25, 0.3) is 0 Å². The highest BCUT2D eigenvalue weighted by molar-refractivity contribution is 7.99. The number of amides is 2. The number of carbonyl (C=O) groups excluding carboxylic acids is 2. The number of rotatable bonds is 7. The molecule has 0 atom stereocenters. The highest BCUT2D eigenvalue weighted by Gasteiger charge is 2.16. The maximum Gasteiger partial charge on any atom is 0.234 e. The van der Waals surface area contributed by atoms with Crippen LogP contribution in [0.15, 0.2) is 53.9 Å². The monoisotopic (exact) mass is 449 g/mol. The molecular formula is C22H23N7O2S. The Balaban J connectivity index is 1.43. The molecule has 2 aromatic heterocycles. The van der Waals surface area contributed by atoms with Crippen LogP contribution in [0, 0.1) is 0 Å². The summed E-state index contributed by atoms with van der Waals surface area (Å²) in [5, 5.41) is 14.9. The van der Waals surface area contributed by atoms with E-state index >= 15 is 0 Å². The van der Waals surface area contributed by atoms with Crippen LogP contribution in [0.25, 0.3) is 22.4 Å². The molecule has 2 amide bonds. The third-order valence-electron chi connectivity index (χ3n) is 4.84. The second-order valence-electron chi connectivity index (χ2n) is 7.20. The van der Waals surface area contributed by atoms with Gasteiger partial charge >= 0.3 is 0 Å². The number of imidazole rings is 1. The molecule has 10 heteroatoms. The van der Waals surface area contributed by atoms with Crippen molar-refractivity contribution in [1.82, 2.24) is 24.3 Å². The van der Waals surface area contributed by atoms with Crippen LogP contribution in [0.1, 0.15) is 13.8 Å². The summed E-state index contributed by atoms with van der Waals surface area (Å²) in [7, 11) is 1.96. The van der Waals surface area contributed by atoms with Crippen molar-refractivity contribution in [1.29, 1.82) is 0 Å². The summed E-state index contributed by atoms with van der Waals surface area (Å²) in [4.78, 5) is 27.9. The van der Waals surface area contributed by atoms with E-state index in [-0.39, 0.29) is 17.6 Å². The lowest BCUT2D eigenvalue weighted by Gasteiger charge is -2.09. The normalized spacial score (nSPS) is 11.0. The van der Waals surface area contributed by atoms with E-state index < -0.39 is 0 Å². The van der Waals surface area contributed by atoms with Crippen LogP contribution >= 0.6 is 11.8 Å². The van der Waals surface area contributed by atoms with Crippen LogP contribution in [0.2, 0.25) is 0 Å². The Morgan fingerprint density at radius 3 is 2.44 bits per heavy atom. The first-order valence-corrected chi connectivity index (χ1v) is 11.1. The van der Waals surface area contributed by atoms with Gasteiger partial charge in [0.1, 0.15) is 0 Å².